The van der Waals surface area contributed by atoms with Crippen molar-refractivity contribution in [3.63, 3.8) is 0 Å². The van der Waals surface area contributed by atoms with Crippen molar-refractivity contribution < 1.29 is 22.8 Å². The first-order chi connectivity index (χ1) is 17.0. The number of carbonyl (C=O) groups is 2. The van der Waals surface area contributed by atoms with E-state index in [0.717, 1.165) is 18.2 Å². The number of nitriles is 1. The van der Waals surface area contributed by atoms with E-state index in [2.05, 4.69) is 10.3 Å². The van der Waals surface area contributed by atoms with Gasteiger partial charge in [0.15, 0.2) is 6.04 Å². The van der Waals surface area contributed by atoms with Crippen LogP contribution in [0.15, 0.2) is 30.5 Å². The van der Waals surface area contributed by atoms with Crippen LogP contribution in [0.1, 0.15) is 29.3 Å². The fourth-order valence-electron chi connectivity index (χ4n) is 4.64. The molecule has 1 saturated heterocycles. The Bertz CT molecular complexity index is 1210. The highest BCUT2D eigenvalue weighted by molar-refractivity contribution is 6.42. The normalized spacial score (nSPS) is 18.1. The maximum atomic E-state index is 14.0. The number of alkyl halides is 3. The second-order valence-electron chi connectivity index (χ2n) is 8.94. The smallest absolute Gasteiger partial charge is 0.380 e. The van der Waals surface area contributed by atoms with Gasteiger partial charge in [-0.2, -0.15) is 18.4 Å². The van der Waals surface area contributed by atoms with Gasteiger partial charge in [0.2, 0.25) is 11.8 Å². The van der Waals surface area contributed by atoms with Crippen molar-refractivity contribution in [2.24, 2.45) is 5.92 Å². The molecule has 1 aromatic carbocycles. The van der Waals surface area contributed by atoms with Crippen molar-refractivity contribution in [1.82, 2.24) is 14.8 Å². The van der Waals surface area contributed by atoms with E-state index in [1.807, 2.05) is 6.07 Å². The third-order valence-corrected chi connectivity index (χ3v) is 7.35. The molecule has 12 heteroatoms. The van der Waals surface area contributed by atoms with Crippen molar-refractivity contribution in [2.45, 2.75) is 37.5 Å². The van der Waals surface area contributed by atoms with Crippen molar-refractivity contribution >= 4 is 40.7 Å². The molecule has 2 amide bonds. The molecule has 2 aliphatic rings. The van der Waals surface area contributed by atoms with Gasteiger partial charge in [-0.1, -0.05) is 29.3 Å². The van der Waals surface area contributed by atoms with Crippen LogP contribution in [0.3, 0.4) is 0 Å². The standard InChI is InChI=1S/C24H22Cl2F3N5O2/c1-33(23(36)14-11-34(12-14)20(35)6-7-30)22(24(27,28)29)19-5-3-15(10-31-19)32-16-8-13-2-4-18(25)21(26)17(13)9-16/h2-5,10,14,16,22,32H,6,8-9,11-12H2,1H3/t16?,22-/m0/s1. The van der Waals surface area contributed by atoms with Gasteiger partial charge in [0.05, 0.1) is 39.6 Å². The average Bonchev–Trinajstić information content (AvgIpc) is 3.19. The second kappa shape index (κ2) is 10.1. The summed E-state index contributed by atoms with van der Waals surface area (Å²) in [7, 11) is 1.08. The first kappa shape index (κ1) is 26.0. The molecule has 2 heterocycles. The van der Waals surface area contributed by atoms with Gasteiger partial charge in [0, 0.05) is 26.2 Å². The highest BCUT2D eigenvalue weighted by Crippen LogP contribution is 2.38. The number of rotatable bonds is 6. The molecular formula is C24H22Cl2F3N5O2. The van der Waals surface area contributed by atoms with Crippen LogP contribution in [0.25, 0.3) is 0 Å². The lowest BCUT2D eigenvalue weighted by molar-refractivity contribution is -0.193. The predicted octanol–water partition coefficient (Wildman–Crippen LogP) is 4.40. The summed E-state index contributed by atoms with van der Waals surface area (Å²) in [6, 6.07) is 5.87. The number of carbonyl (C=O) groups excluding carboxylic acids is 2. The van der Waals surface area contributed by atoms with E-state index in [4.69, 9.17) is 28.5 Å². The molecule has 2 atom stereocenters. The number of fused-ring (bicyclic) bond motifs is 1. The summed E-state index contributed by atoms with van der Waals surface area (Å²) in [6.07, 6.45) is -2.47. The topological polar surface area (TPSA) is 89.3 Å². The average molecular weight is 540 g/mol. The Morgan fingerprint density at radius 3 is 2.58 bits per heavy atom. The summed E-state index contributed by atoms with van der Waals surface area (Å²) in [5.41, 5.74) is 2.24. The van der Waals surface area contributed by atoms with Crippen LogP contribution in [0.2, 0.25) is 10.0 Å². The zero-order valence-electron chi connectivity index (χ0n) is 19.1. The summed E-state index contributed by atoms with van der Waals surface area (Å²) in [5.74, 6) is -1.94. The molecule has 7 nitrogen and oxygen atoms in total. The van der Waals surface area contributed by atoms with Gasteiger partial charge >= 0.3 is 6.18 Å². The van der Waals surface area contributed by atoms with E-state index in [0.29, 0.717) is 33.5 Å². The van der Waals surface area contributed by atoms with Crippen LogP contribution >= 0.6 is 23.2 Å². The molecule has 190 valence electrons. The number of likely N-dealkylation sites (tertiary alicyclic amines) is 1. The molecule has 0 bridgehead atoms. The Morgan fingerprint density at radius 1 is 1.25 bits per heavy atom. The molecule has 1 unspecified atom stereocenters. The Balaban J connectivity index is 1.42. The third-order valence-electron chi connectivity index (χ3n) is 6.51. The van der Waals surface area contributed by atoms with Gasteiger partial charge in [-0.3, -0.25) is 14.6 Å². The molecule has 2 aromatic rings. The fraction of sp³-hybridized carbons (Fsp3) is 0.417. The molecule has 1 N–H and O–H groups in total. The molecule has 1 aromatic heterocycles. The highest BCUT2D eigenvalue weighted by atomic mass is 35.5. The van der Waals surface area contributed by atoms with E-state index in [-0.39, 0.29) is 31.2 Å². The summed E-state index contributed by atoms with van der Waals surface area (Å²) in [5, 5.41) is 12.9. The largest absolute Gasteiger partial charge is 0.414 e. The van der Waals surface area contributed by atoms with Crippen LogP contribution in [-0.4, -0.2) is 59.0 Å². The SMILES string of the molecule is CN(C(=O)C1CN(C(=O)CC#N)C1)[C@@H](c1ccc(NC2Cc3ccc(Cl)c(Cl)c3C2)cn1)C(F)(F)F. The number of nitrogens with zero attached hydrogens (tertiary/aromatic N) is 4. The van der Waals surface area contributed by atoms with Gasteiger partial charge in [-0.05, 0) is 42.2 Å². The Kier molecular flexibility index (Phi) is 7.34. The fourth-order valence-corrected chi connectivity index (χ4v) is 5.08. The van der Waals surface area contributed by atoms with Crippen LogP contribution in [0.4, 0.5) is 18.9 Å². The number of anilines is 1. The number of hydrogen-bond acceptors (Lipinski definition) is 5. The van der Waals surface area contributed by atoms with Crippen LogP contribution in [-0.2, 0) is 22.4 Å². The van der Waals surface area contributed by atoms with E-state index in [1.54, 1.807) is 12.1 Å². The molecule has 0 radical (unpaired) electrons. The highest BCUT2D eigenvalue weighted by Gasteiger charge is 2.48. The number of benzene rings is 1. The van der Waals surface area contributed by atoms with Crippen LogP contribution in [0, 0.1) is 17.2 Å². The van der Waals surface area contributed by atoms with Gasteiger partial charge < -0.3 is 15.1 Å². The maximum Gasteiger partial charge on any atom is 0.414 e. The molecule has 0 saturated carbocycles. The zero-order chi connectivity index (χ0) is 26.2. The number of nitrogens with one attached hydrogen (secondary N) is 1. The molecular weight excluding hydrogens is 518 g/mol. The van der Waals surface area contributed by atoms with E-state index >= 15 is 0 Å². The Hall–Kier alpha value is -3.03. The molecule has 36 heavy (non-hydrogen) atoms. The number of pyridine rings is 1. The van der Waals surface area contributed by atoms with Gasteiger partial charge in [-0.25, -0.2) is 0 Å². The van der Waals surface area contributed by atoms with Crippen molar-refractivity contribution in [3.8, 4) is 6.07 Å². The monoisotopic (exact) mass is 539 g/mol. The lowest BCUT2D eigenvalue weighted by Gasteiger charge is -2.41. The van der Waals surface area contributed by atoms with E-state index in [1.165, 1.54) is 23.2 Å². The molecule has 1 fully saturated rings. The molecule has 1 aliphatic heterocycles. The number of halogens is 5. The van der Waals surface area contributed by atoms with E-state index < -0.39 is 30.0 Å². The zero-order valence-corrected chi connectivity index (χ0v) is 20.7. The summed E-state index contributed by atoms with van der Waals surface area (Å²) >= 11 is 12.4. The summed E-state index contributed by atoms with van der Waals surface area (Å²) in [4.78, 5) is 30.4. The predicted molar refractivity (Wildman–Crippen MR) is 127 cm³/mol. The first-order valence-electron chi connectivity index (χ1n) is 11.2. The quantitative estimate of drug-likeness (QED) is 0.587. The van der Waals surface area contributed by atoms with E-state index in [9.17, 15) is 22.8 Å². The van der Waals surface area contributed by atoms with Crippen molar-refractivity contribution in [1.29, 1.82) is 5.26 Å². The number of aromatic nitrogens is 1. The second-order valence-corrected chi connectivity index (χ2v) is 9.73. The minimum atomic E-state index is -4.75. The van der Waals surface area contributed by atoms with Gasteiger partial charge in [0.25, 0.3) is 0 Å². The Morgan fingerprint density at radius 2 is 1.97 bits per heavy atom. The van der Waals surface area contributed by atoms with Crippen molar-refractivity contribution in [3.05, 3.63) is 57.3 Å². The summed E-state index contributed by atoms with van der Waals surface area (Å²) in [6.45, 7) is -0.0207. The van der Waals surface area contributed by atoms with Crippen LogP contribution < -0.4 is 5.32 Å². The number of amides is 2. The molecule has 1 aliphatic carbocycles. The lowest BCUT2D eigenvalue weighted by atomic mass is 9.96. The lowest BCUT2D eigenvalue weighted by Crippen LogP contribution is -2.57. The van der Waals surface area contributed by atoms with Gasteiger partial charge in [0.1, 0.15) is 6.42 Å². The van der Waals surface area contributed by atoms with Crippen molar-refractivity contribution in [2.75, 3.05) is 25.5 Å². The van der Waals surface area contributed by atoms with Gasteiger partial charge in [-0.15, -0.1) is 0 Å². The molecule has 4 rings (SSSR count). The maximum absolute atomic E-state index is 14.0. The first-order valence-corrected chi connectivity index (χ1v) is 11.9. The Labute approximate surface area is 215 Å². The summed E-state index contributed by atoms with van der Waals surface area (Å²) < 4.78 is 42.0. The third kappa shape index (κ3) is 5.22. The van der Waals surface area contributed by atoms with Crippen LogP contribution in [0.5, 0.6) is 0 Å². The minimum absolute atomic E-state index is 0.0104. The number of hydrogen-bond donors (Lipinski definition) is 1. The minimum Gasteiger partial charge on any atom is -0.380 e. The molecule has 0 spiro atoms.